The zero-order valence-corrected chi connectivity index (χ0v) is 15.4. The summed E-state index contributed by atoms with van der Waals surface area (Å²) in [4.78, 5) is 22.4. The van der Waals surface area contributed by atoms with E-state index in [2.05, 4.69) is 18.8 Å². The van der Waals surface area contributed by atoms with Gasteiger partial charge in [0.2, 0.25) is 0 Å². The van der Waals surface area contributed by atoms with Gasteiger partial charge in [0.1, 0.15) is 20.7 Å². The highest BCUT2D eigenvalue weighted by Crippen LogP contribution is 2.42. The topological polar surface area (TPSA) is 78.4 Å². The van der Waals surface area contributed by atoms with Gasteiger partial charge in [0.05, 0.1) is 18.5 Å². The molecule has 0 saturated carbocycles. The number of pyridine rings is 1. The maximum atomic E-state index is 12.3. The summed E-state index contributed by atoms with van der Waals surface area (Å²) < 4.78 is 17.3. The number of aryl methyl sites for hydroxylation is 1. The molecule has 0 unspecified atom stereocenters. The number of aromatic nitrogens is 2. The van der Waals surface area contributed by atoms with Crippen molar-refractivity contribution in [3.05, 3.63) is 45.8 Å². The van der Waals surface area contributed by atoms with E-state index in [1.54, 1.807) is 13.2 Å². The van der Waals surface area contributed by atoms with Crippen molar-refractivity contribution >= 4 is 31.8 Å². The number of nitrogens with zero attached hydrogens (tertiary/aromatic N) is 2. The van der Waals surface area contributed by atoms with Crippen LogP contribution in [0.1, 0.15) is 30.9 Å². The molecule has 1 aliphatic heterocycles. The van der Waals surface area contributed by atoms with E-state index in [1.807, 2.05) is 12.1 Å². The van der Waals surface area contributed by atoms with Crippen molar-refractivity contribution in [2.24, 2.45) is 0 Å². The fraction of sp³-hybridized carbons (Fsp3) is 0.316. The fourth-order valence-corrected chi connectivity index (χ4v) is 4.56. The Balaban J connectivity index is 1.95. The lowest BCUT2D eigenvalue weighted by Gasteiger charge is -2.32. The van der Waals surface area contributed by atoms with Crippen molar-refractivity contribution in [2.75, 3.05) is 0 Å². The minimum absolute atomic E-state index is 0.301. The lowest BCUT2D eigenvalue weighted by Crippen LogP contribution is -2.32. The second kappa shape index (κ2) is 5.25. The number of furan rings is 1. The minimum atomic E-state index is -0.366. The van der Waals surface area contributed by atoms with Crippen LogP contribution in [0.25, 0.3) is 31.9 Å². The van der Waals surface area contributed by atoms with Gasteiger partial charge in [-0.2, -0.15) is 0 Å². The van der Waals surface area contributed by atoms with Crippen LogP contribution in [0.4, 0.5) is 0 Å². The first-order valence-electron chi connectivity index (χ1n) is 8.36. The van der Waals surface area contributed by atoms with Crippen LogP contribution in [-0.2, 0) is 17.8 Å². The Morgan fingerprint density at radius 3 is 2.85 bits per heavy atom. The monoisotopic (exact) mass is 368 g/mol. The van der Waals surface area contributed by atoms with Gasteiger partial charge in [0, 0.05) is 24.3 Å². The highest BCUT2D eigenvalue weighted by atomic mass is 32.1. The molecule has 0 aliphatic carbocycles. The van der Waals surface area contributed by atoms with Gasteiger partial charge in [0.25, 0.3) is 0 Å². The normalized spacial score (nSPS) is 16.3. The fourth-order valence-electron chi connectivity index (χ4n) is 3.54. The highest BCUT2D eigenvalue weighted by Gasteiger charge is 2.32. The number of hydrogen-bond acceptors (Lipinski definition) is 7. The van der Waals surface area contributed by atoms with Crippen LogP contribution in [0.15, 0.2) is 32.0 Å². The van der Waals surface area contributed by atoms with Crippen LogP contribution in [0.5, 0.6) is 0 Å². The Labute approximate surface area is 152 Å². The van der Waals surface area contributed by atoms with E-state index >= 15 is 0 Å². The number of hydrogen-bond donors (Lipinski definition) is 0. The quantitative estimate of drug-likeness (QED) is 0.501. The number of fused-ring (bicyclic) bond motifs is 5. The van der Waals surface area contributed by atoms with Crippen LogP contribution in [-0.4, -0.2) is 15.6 Å². The van der Waals surface area contributed by atoms with E-state index in [0.717, 1.165) is 27.0 Å². The molecule has 4 aromatic rings. The highest BCUT2D eigenvalue weighted by molar-refractivity contribution is 7.25. The summed E-state index contributed by atoms with van der Waals surface area (Å²) in [6.45, 7) is 6.26. The van der Waals surface area contributed by atoms with Crippen LogP contribution < -0.4 is 5.63 Å². The first-order valence-corrected chi connectivity index (χ1v) is 9.18. The second-order valence-electron chi connectivity index (χ2n) is 7.10. The SMILES string of the molecule is Cc1nc2c(sc3nc(-c4ccco4)c4c(c32)CC(C)(C)OC4)c(=O)o1. The van der Waals surface area contributed by atoms with Gasteiger partial charge in [-0.25, -0.2) is 14.8 Å². The average molecular weight is 368 g/mol. The van der Waals surface area contributed by atoms with Crippen molar-refractivity contribution in [3.8, 4) is 11.5 Å². The van der Waals surface area contributed by atoms with Crippen molar-refractivity contribution in [3.63, 3.8) is 0 Å². The molecule has 0 aromatic carbocycles. The van der Waals surface area contributed by atoms with Gasteiger partial charge in [-0.15, -0.1) is 11.3 Å². The predicted molar refractivity (Wildman–Crippen MR) is 98.5 cm³/mol. The Morgan fingerprint density at radius 2 is 2.08 bits per heavy atom. The van der Waals surface area contributed by atoms with Crippen LogP contribution in [0, 0.1) is 6.92 Å². The third-order valence-electron chi connectivity index (χ3n) is 4.69. The molecule has 26 heavy (non-hydrogen) atoms. The number of ether oxygens (including phenoxy) is 1. The largest absolute Gasteiger partial charge is 0.463 e. The number of thiophene rings is 1. The number of rotatable bonds is 1. The van der Waals surface area contributed by atoms with E-state index in [4.69, 9.17) is 18.6 Å². The molecule has 0 amide bonds. The molecule has 5 rings (SSSR count). The molecule has 0 radical (unpaired) electrons. The van der Waals surface area contributed by atoms with E-state index in [0.29, 0.717) is 34.9 Å². The van der Waals surface area contributed by atoms with E-state index in [-0.39, 0.29) is 11.2 Å². The van der Waals surface area contributed by atoms with Gasteiger partial charge in [0.15, 0.2) is 11.7 Å². The molecule has 6 nitrogen and oxygen atoms in total. The molecule has 4 aromatic heterocycles. The molecule has 7 heteroatoms. The Bertz CT molecular complexity index is 1220. The molecular weight excluding hydrogens is 352 g/mol. The van der Waals surface area contributed by atoms with Crippen LogP contribution >= 0.6 is 11.3 Å². The smallest absolute Gasteiger partial charge is 0.357 e. The first kappa shape index (κ1) is 15.7. The Kier molecular flexibility index (Phi) is 3.17. The summed E-state index contributed by atoms with van der Waals surface area (Å²) in [6.07, 6.45) is 2.34. The van der Waals surface area contributed by atoms with Crippen molar-refractivity contribution in [1.29, 1.82) is 0 Å². The molecule has 1 aliphatic rings. The van der Waals surface area contributed by atoms with Gasteiger partial charge >= 0.3 is 5.63 Å². The summed E-state index contributed by atoms with van der Waals surface area (Å²) in [6, 6.07) is 3.73. The molecule has 0 bridgehead atoms. The van der Waals surface area contributed by atoms with Crippen molar-refractivity contribution in [1.82, 2.24) is 9.97 Å². The average Bonchev–Trinajstić information content (AvgIpc) is 3.20. The Morgan fingerprint density at radius 1 is 1.23 bits per heavy atom. The first-order chi connectivity index (χ1) is 12.4. The van der Waals surface area contributed by atoms with E-state index in [1.165, 1.54) is 11.3 Å². The third kappa shape index (κ3) is 2.24. The molecular formula is C19H16N2O4S. The molecule has 5 heterocycles. The molecule has 0 saturated heterocycles. The van der Waals surface area contributed by atoms with Crippen molar-refractivity contribution in [2.45, 2.75) is 39.4 Å². The molecule has 0 fully saturated rings. The molecule has 0 N–H and O–H groups in total. The standard InChI is InChI=1S/C19H16N2O4S/c1-9-20-15-13-10-7-19(2,3)24-8-11(10)14(12-5-4-6-23-12)21-17(13)26-16(15)18(22)25-9/h4-6H,7-8H2,1-3H3. The summed E-state index contributed by atoms with van der Waals surface area (Å²) in [5, 5.41) is 0.933. The van der Waals surface area contributed by atoms with Crippen molar-refractivity contribution < 1.29 is 13.6 Å². The molecule has 132 valence electrons. The zero-order chi connectivity index (χ0) is 18.1. The summed E-state index contributed by atoms with van der Waals surface area (Å²) in [7, 11) is 0. The maximum absolute atomic E-state index is 12.3. The summed E-state index contributed by atoms with van der Waals surface area (Å²) in [5.74, 6) is 1.05. The Hall–Kier alpha value is -2.51. The van der Waals surface area contributed by atoms with Gasteiger partial charge in [-0.1, -0.05) is 0 Å². The van der Waals surface area contributed by atoms with Gasteiger partial charge in [-0.3, -0.25) is 0 Å². The third-order valence-corrected chi connectivity index (χ3v) is 5.74. The maximum Gasteiger partial charge on any atom is 0.357 e. The van der Waals surface area contributed by atoms with E-state index in [9.17, 15) is 4.79 Å². The minimum Gasteiger partial charge on any atom is -0.463 e. The molecule has 0 spiro atoms. The summed E-state index contributed by atoms with van der Waals surface area (Å²) >= 11 is 1.32. The van der Waals surface area contributed by atoms with Crippen LogP contribution in [0.3, 0.4) is 0 Å². The van der Waals surface area contributed by atoms with E-state index < -0.39 is 0 Å². The summed E-state index contributed by atoms with van der Waals surface area (Å²) in [5.41, 5.74) is 2.90. The predicted octanol–water partition coefficient (Wildman–Crippen LogP) is 4.22. The lowest BCUT2D eigenvalue weighted by molar-refractivity contribution is -0.0395. The lowest BCUT2D eigenvalue weighted by atomic mass is 9.89. The second-order valence-corrected chi connectivity index (χ2v) is 8.10. The van der Waals surface area contributed by atoms with Crippen LogP contribution in [0.2, 0.25) is 0 Å². The van der Waals surface area contributed by atoms with Gasteiger partial charge in [-0.05, 0) is 31.5 Å². The van der Waals surface area contributed by atoms with Gasteiger partial charge < -0.3 is 13.6 Å². The zero-order valence-electron chi connectivity index (χ0n) is 14.6. The molecule has 0 atom stereocenters.